The topological polar surface area (TPSA) is 57.5 Å². The summed E-state index contributed by atoms with van der Waals surface area (Å²) in [5.74, 6) is -0.895. The quantitative estimate of drug-likeness (QED) is 0.826. The van der Waals surface area contributed by atoms with Crippen LogP contribution < -0.4 is 0 Å². The van der Waals surface area contributed by atoms with Crippen molar-refractivity contribution in [3.05, 3.63) is 27.7 Å². The van der Waals surface area contributed by atoms with Crippen LogP contribution in [0.5, 0.6) is 5.75 Å². The van der Waals surface area contributed by atoms with Crippen LogP contribution in [0.15, 0.2) is 16.6 Å². The molecule has 0 heterocycles. The minimum absolute atomic E-state index is 0.104. The van der Waals surface area contributed by atoms with E-state index in [2.05, 4.69) is 15.9 Å². The van der Waals surface area contributed by atoms with Gasteiger partial charge in [-0.2, -0.15) is 0 Å². The van der Waals surface area contributed by atoms with Crippen LogP contribution in [0.25, 0.3) is 0 Å². The Morgan fingerprint density at radius 3 is 2.27 bits per heavy atom. The van der Waals surface area contributed by atoms with Gasteiger partial charge < -0.3 is 10.2 Å². The number of phenolic OH excluding ortho intramolecular Hbond substituents is 1. The van der Waals surface area contributed by atoms with E-state index < -0.39 is 5.97 Å². The highest BCUT2D eigenvalue weighted by Crippen LogP contribution is 2.37. The summed E-state index contributed by atoms with van der Waals surface area (Å²) in [5, 5.41) is 18.7. The zero-order valence-electron chi connectivity index (χ0n) is 8.84. The minimum atomic E-state index is -0.999. The molecule has 0 aliphatic heterocycles. The van der Waals surface area contributed by atoms with Gasteiger partial charge in [-0.25, -0.2) is 4.79 Å². The van der Waals surface area contributed by atoms with Gasteiger partial charge in [0.25, 0.3) is 0 Å². The largest absolute Gasteiger partial charge is 0.506 e. The molecule has 0 fully saturated rings. The second kappa shape index (κ2) is 3.85. The van der Waals surface area contributed by atoms with Crippen molar-refractivity contribution in [3.63, 3.8) is 0 Å². The summed E-state index contributed by atoms with van der Waals surface area (Å²) in [7, 11) is 0. The lowest BCUT2D eigenvalue weighted by molar-refractivity contribution is 0.0696. The third-order valence-electron chi connectivity index (χ3n) is 2.12. The van der Waals surface area contributed by atoms with Crippen LogP contribution in [0.1, 0.15) is 36.7 Å². The second-order valence-electron chi connectivity index (χ2n) is 4.41. The van der Waals surface area contributed by atoms with Crippen molar-refractivity contribution in [2.45, 2.75) is 26.2 Å². The van der Waals surface area contributed by atoms with Gasteiger partial charge in [-0.15, -0.1) is 0 Å². The zero-order chi connectivity index (χ0) is 11.8. The molecule has 15 heavy (non-hydrogen) atoms. The van der Waals surface area contributed by atoms with Crippen LogP contribution in [-0.2, 0) is 5.41 Å². The average Bonchev–Trinajstić information content (AvgIpc) is 2.06. The normalized spacial score (nSPS) is 11.5. The van der Waals surface area contributed by atoms with Gasteiger partial charge in [-0.1, -0.05) is 20.8 Å². The first-order chi connectivity index (χ1) is 6.73. The fraction of sp³-hybridized carbons (Fsp3) is 0.364. The maximum absolute atomic E-state index is 10.8. The molecule has 0 saturated carbocycles. The van der Waals surface area contributed by atoms with E-state index in [1.807, 2.05) is 20.8 Å². The number of rotatable bonds is 1. The summed E-state index contributed by atoms with van der Waals surface area (Å²) in [6.45, 7) is 5.75. The van der Waals surface area contributed by atoms with E-state index >= 15 is 0 Å². The van der Waals surface area contributed by atoms with Gasteiger partial charge in [0.15, 0.2) is 0 Å². The number of carboxylic acid groups (broad SMARTS) is 1. The van der Waals surface area contributed by atoms with E-state index in [0.717, 1.165) is 0 Å². The number of aromatic carboxylic acids is 1. The lowest BCUT2D eigenvalue weighted by Crippen LogP contribution is -2.13. The molecule has 1 rings (SSSR count). The molecule has 1 aromatic carbocycles. The molecule has 0 aliphatic carbocycles. The Bertz CT molecular complexity index is 405. The standard InChI is InChI=1S/C11H13BrO3/c1-11(2,3)7-4-6(10(14)15)5-8(12)9(7)13/h4-5,13H,1-3H3,(H,14,15). The molecule has 1 aromatic rings. The number of hydrogen-bond acceptors (Lipinski definition) is 2. The molecule has 4 heteroatoms. The highest BCUT2D eigenvalue weighted by Gasteiger charge is 2.22. The molecule has 0 aromatic heterocycles. The fourth-order valence-electron chi connectivity index (χ4n) is 1.29. The lowest BCUT2D eigenvalue weighted by atomic mass is 9.85. The third-order valence-corrected chi connectivity index (χ3v) is 2.72. The molecule has 0 bridgehead atoms. The van der Waals surface area contributed by atoms with Crippen LogP contribution in [0.2, 0.25) is 0 Å². The van der Waals surface area contributed by atoms with E-state index in [1.54, 1.807) is 0 Å². The fourth-order valence-corrected chi connectivity index (χ4v) is 1.75. The molecular weight excluding hydrogens is 260 g/mol. The maximum Gasteiger partial charge on any atom is 0.335 e. The first-order valence-corrected chi connectivity index (χ1v) is 5.29. The molecular formula is C11H13BrO3. The Morgan fingerprint density at radius 1 is 1.33 bits per heavy atom. The predicted octanol–water partition coefficient (Wildman–Crippen LogP) is 3.15. The Labute approximate surface area is 96.9 Å². The number of carboxylic acids is 1. The Morgan fingerprint density at radius 2 is 1.87 bits per heavy atom. The van der Waals surface area contributed by atoms with Crippen molar-refractivity contribution in [1.29, 1.82) is 0 Å². The summed E-state index contributed by atoms with van der Waals surface area (Å²) < 4.78 is 0.410. The van der Waals surface area contributed by atoms with Gasteiger partial charge in [-0.05, 0) is 33.5 Å². The number of benzene rings is 1. The number of hydrogen-bond donors (Lipinski definition) is 2. The summed E-state index contributed by atoms with van der Waals surface area (Å²) in [4.78, 5) is 10.8. The van der Waals surface area contributed by atoms with Crippen molar-refractivity contribution >= 4 is 21.9 Å². The number of carbonyl (C=O) groups is 1. The number of phenols is 1. The van der Waals surface area contributed by atoms with Gasteiger partial charge in [-0.3, -0.25) is 0 Å². The Hall–Kier alpha value is -1.03. The molecule has 0 unspecified atom stereocenters. The molecule has 0 saturated heterocycles. The van der Waals surface area contributed by atoms with Crippen molar-refractivity contribution < 1.29 is 15.0 Å². The molecule has 0 spiro atoms. The van der Waals surface area contributed by atoms with E-state index in [1.165, 1.54) is 12.1 Å². The number of halogens is 1. The highest BCUT2D eigenvalue weighted by molar-refractivity contribution is 9.10. The Balaban J connectivity index is 3.45. The lowest BCUT2D eigenvalue weighted by Gasteiger charge is -2.21. The molecule has 0 aliphatic rings. The van der Waals surface area contributed by atoms with Gasteiger partial charge >= 0.3 is 5.97 Å². The summed E-state index contributed by atoms with van der Waals surface area (Å²) in [5.41, 5.74) is 0.497. The smallest absolute Gasteiger partial charge is 0.335 e. The molecule has 3 nitrogen and oxygen atoms in total. The van der Waals surface area contributed by atoms with Crippen molar-refractivity contribution in [2.24, 2.45) is 0 Å². The van der Waals surface area contributed by atoms with Gasteiger partial charge in [0.2, 0.25) is 0 Å². The molecule has 2 N–H and O–H groups in total. The molecule has 82 valence electrons. The minimum Gasteiger partial charge on any atom is -0.506 e. The van der Waals surface area contributed by atoms with Crippen LogP contribution in [0.4, 0.5) is 0 Å². The van der Waals surface area contributed by atoms with Gasteiger partial charge in [0.1, 0.15) is 5.75 Å². The monoisotopic (exact) mass is 272 g/mol. The third kappa shape index (κ3) is 2.50. The molecule has 0 atom stereocenters. The first-order valence-electron chi connectivity index (χ1n) is 4.50. The Kier molecular flexibility index (Phi) is 3.09. The van der Waals surface area contributed by atoms with Crippen LogP contribution in [-0.4, -0.2) is 16.2 Å². The van der Waals surface area contributed by atoms with Crippen molar-refractivity contribution in [3.8, 4) is 5.75 Å². The SMILES string of the molecule is CC(C)(C)c1cc(C(=O)O)cc(Br)c1O. The first kappa shape index (κ1) is 12.0. The zero-order valence-corrected chi connectivity index (χ0v) is 10.4. The van der Waals surface area contributed by atoms with Gasteiger partial charge in [0.05, 0.1) is 10.0 Å². The molecule has 0 amide bonds. The van der Waals surface area contributed by atoms with E-state index in [4.69, 9.17) is 5.11 Å². The summed E-state index contributed by atoms with van der Waals surface area (Å²) >= 11 is 3.14. The van der Waals surface area contributed by atoms with Crippen LogP contribution >= 0.6 is 15.9 Å². The molecule has 0 radical (unpaired) electrons. The van der Waals surface area contributed by atoms with E-state index in [0.29, 0.717) is 10.0 Å². The summed E-state index contributed by atoms with van der Waals surface area (Å²) in [6, 6.07) is 2.90. The van der Waals surface area contributed by atoms with Crippen molar-refractivity contribution in [2.75, 3.05) is 0 Å². The maximum atomic E-state index is 10.8. The summed E-state index contributed by atoms with van der Waals surface area (Å²) in [6.07, 6.45) is 0. The van der Waals surface area contributed by atoms with Gasteiger partial charge in [0, 0.05) is 5.56 Å². The van der Waals surface area contributed by atoms with Crippen molar-refractivity contribution in [1.82, 2.24) is 0 Å². The van der Waals surface area contributed by atoms with E-state index in [-0.39, 0.29) is 16.7 Å². The van der Waals surface area contributed by atoms with Crippen LogP contribution in [0.3, 0.4) is 0 Å². The highest BCUT2D eigenvalue weighted by atomic mass is 79.9. The number of aromatic hydroxyl groups is 1. The average molecular weight is 273 g/mol. The van der Waals surface area contributed by atoms with Crippen LogP contribution in [0, 0.1) is 0 Å². The van der Waals surface area contributed by atoms with E-state index in [9.17, 15) is 9.90 Å². The predicted molar refractivity (Wildman–Crippen MR) is 61.5 cm³/mol. The second-order valence-corrected chi connectivity index (χ2v) is 5.26.